The van der Waals surface area contributed by atoms with E-state index in [9.17, 15) is 13.2 Å². The van der Waals surface area contributed by atoms with Gasteiger partial charge in [0.15, 0.2) is 5.82 Å². The van der Waals surface area contributed by atoms with Crippen molar-refractivity contribution in [2.24, 2.45) is 4.99 Å². The van der Waals surface area contributed by atoms with Crippen LogP contribution < -0.4 is 4.74 Å². The summed E-state index contributed by atoms with van der Waals surface area (Å²) in [5, 5.41) is 0.242. The third-order valence-corrected chi connectivity index (χ3v) is 4.09. The molecule has 0 radical (unpaired) electrons. The van der Waals surface area contributed by atoms with Crippen LogP contribution in [0.5, 0.6) is 5.75 Å². The molecule has 1 aromatic carbocycles. The van der Waals surface area contributed by atoms with E-state index in [0.29, 0.717) is 6.61 Å². The maximum Gasteiger partial charge on any atom is 0.431 e. The van der Waals surface area contributed by atoms with Gasteiger partial charge in [-0.2, -0.15) is 13.2 Å². The van der Waals surface area contributed by atoms with E-state index in [1.54, 1.807) is 6.21 Å². The Bertz CT molecular complexity index is 948. The largest absolute Gasteiger partial charge is 0.493 e. The molecule has 3 aromatic rings. The molecular formula is C17H13F3N4O. The molecule has 1 N–H and O–H groups in total. The molecule has 4 rings (SSSR count). The summed E-state index contributed by atoms with van der Waals surface area (Å²) in [6.45, 7) is 0.565. The standard InChI is InChI=1S/C17H13F3N4O/c18-17(19,20)14-7-12-15(22-9-23-16(12)24-14)21-8-10-5-6-25-13-4-2-1-3-11(10)13/h1-4,7-10H,5-6H2,(H,22,23,24)/b21-8+. The predicted octanol–water partition coefficient (Wildman–Crippen LogP) is 4.25. The van der Waals surface area contributed by atoms with E-state index in [-0.39, 0.29) is 22.8 Å². The number of para-hydroxylation sites is 1. The highest BCUT2D eigenvalue weighted by Crippen LogP contribution is 2.35. The molecule has 0 amide bonds. The third-order valence-electron chi connectivity index (χ3n) is 4.09. The van der Waals surface area contributed by atoms with Gasteiger partial charge in [0.2, 0.25) is 0 Å². The first-order valence-electron chi connectivity index (χ1n) is 7.69. The quantitative estimate of drug-likeness (QED) is 0.706. The number of hydrogen-bond acceptors (Lipinski definition) is 4. The molecule has 1 atom stereocenters. The van der Waals surface area contributed by atoms with Crippen LogP contribution in [-0.4, -0.2) is 27.8 Å². The highest BCUT2D eigenvalue weighted by molar-refractivity contribution is 5.88. The minimum absolute atomic E-state index is 0.0241. The van der Waals surface area contributed by atoms with E-state index >= 15 is 0 Å². The molecule has 25 heavy (non-hydrogen) atoms. The lowest BCUT2D eigenvalue weighted by atomic mass is 9.94. The van der Waals surface area contributed by atoms with Crippen molar-refractivity contribution in [1.29, 1.82) is 0 Å². The lowest BCUT2D eigenvalue weighted by Crippen LogP contribution is -2.14. The van der Waals surface area contributed by atoms with Crippen molar-refractivity contribution in [3.8, 4) is 5.75 Å². The second-order valence-electron chi connectivity index (χ2n) is 5.70. The van der Waals surface area contributed by atoms with Gasteiger partial charge < -0.3 is 9.72 Å². The number of fused-ring (bicyclic) bond motifs is 2. The van der Waals surface area contributed by atoms with Crippen LogP contribution in [-0.2, 0) is 6.18 Å². The topological polar surface area (TPSA) is 63.2 Å². The fourth-order valence-electron chi connectivity index (χ4n) is 2.87. The van der Waals surface area contributed by atoms with Crippen LogP contribution in [0.25, 0.3) is 11.0 Å². The van der Waals surface area contributed by atoms with Crippen LogP contribution in [0.3, 0.4) is 0 Å². The molecule has 1 unspecified atom stereocenters. The van der Waals surface area contributed by atoms with Crippen molar-refractivity contribution in [3.05, 3.63) is 47.9 Å². The van der Waals surface area contributed by atoms with Gasteiger partial charge in [-0.25, -0.2) is 15.0 Å². The molecule has 1 aliphatic rings. The fourth-order valence-corrected chi connectivity index (χ4v) is 2.87. The zero-order valence-corrected chi connectivity index (χ0v) is 12.9. The monoisotopic (exact) mass is 346 g/mol. The smallest absolute Gasteiger partial charge is 0.431 e. The van der Waals surface area contributed by atoms with Crippen molar-refractivity contribution in [2.75, 3.05) is 6.61 Å². The molecule has 0 saturated heterocycles. The summed E-state index contributed by atoms with van der Waals surface area (Å²) in [5.74, 6) is 1.04. The molecule has 3 heterocycles. The van der Waals surface area contributed by atoms with Crippen molar-refractivity contribution in [3.63, 3.8) is 0 Å². The van der Waals surface area contributed by atoms with E-state index in [1.165, 1.54) is 6.33 Å². The number of alkyl halides is 3. The van der Waals surface area contributed by atoms with Crippen LogP contribution in [0.4, 0.5) is 19.0 Å². The second kappa shape index (κ2) is 5.87. The van der Waals surface area contributed by atoms with Crippen molar-refractivity contribution >= 4 is 23.1 Å². The van der Waals surface area contributed by atoms with E-state index < -0.39 is 11.9 Å². The number of aliphatic imine (C=N–C) groups is 1. The number of rotatable bonds is 2. The van der Waals surface area contributed by atoms with E-state index in [0.717, 1.165) is 23.8 Å². The molecular weight excluding hydrogens is 333 g/mol. The summed E-state index contributed by atoms with van der Waals surface area (Å²) in [5.41, 5.74) is 0.255. The van der Waals surface area contributed by atoms with Gasteiger partial charge in [0.05, 0.1) is 12.0 Å². The van der Waals surface area contributed by atoms with Gasteiger partial charge in [-0.05, 0) is 18.6 Å². The van der Waals surface area contributed by atoms with Gasteiger partial charge in [0.25, 0.3) is 0 Å². The van der Waals surface area contributed by atoms with Gasteiger partial charge in [-0.15, -0.1) is 0 Å². The summed E-state index contributed by atoms with van der Waals surface area (Å²) in [6.07, 6.45) is -0.815. The molecule has 1 aliphatic heterocycles. The molecule has 128 valence electrons. The Morgan fingerprint density at radius 1 is 1.24 bits per heavy atom. The fraction of sp³-hybridized carbons (Fsp3) is 0.235. The van der Waals surface area contributed by atoms with Gasteiger partial charge in [0, 0.05) is 17.7 Å². The summed E-state index contributed by atoms with van der Waals surface area (Å²) in [6, 6.07) is 8.64. The molecule has 0 bridgehead atoms. The second-order valence-corrected chi connectivity index (χ2v) is 5.70. The summed E-state index contributed by atoms with van der Waals surface area (Å²) in [7, 11) is 0. The van der Waals surface area contributed by atoms with Crippen LogP contribution in [0.15, 0.2) is 41.7 Å². The maximum absolute atomic E-state index is 12.9. The number of ether oxygens (including phenoxy) is 1. The molecule has 0 fully saturated rings. The number of H-pyrrole nitrogens is 1. The minimum atomic E-state index is -4.47. The Morgan fingerprint density at radius 3 is 2.92 bits per heavy atom. The Morgan fingerprint density at radius 2 is 2.08 bits per heavy atom. The average Bonchev–Trinajstić information content (AvgIpc) is 3.05. The van der Waals surface area contributed by atoms with E-state index in [1.807, 2.05) is 24.3 Å². The molecule has 5 nitrogen and oxygen atoms in total. The Balaban J connectivity index is 1.70. The first-order valence-corrected chi connectivity index (χ1v) is 7.69. The summed E-state index contributed by atoms with van der Waals surface area (Å²) < 4.78 is 44.2. The number of hydrogen-bond donors (Lipinski definition) is 1. The number of benzene rings is 1. The number of halogens is 3. The van der Waals surface area contributed by atoms with Crippen LogP contribution in [0.1, 0.15) is 23.6 Å². The normalized spacial score (nSPS) is 17.6. The van der Waals surface area contributed by atoms with Gasteiger partial charge >= 0.3 is 6.18 Å². The maximum atomic E-state index is 12.9. The van der Waals surface area contributed by atoms with E-state index in [4.69, 9.17) is 4.74 Å². The zero-order chi connectivity index (χ0) is 17.4. The Labute approximate surface area is 140 Å². The van der Waals surface area contributed by atoms with Crippen LogP contribution >= 0.6 is 0 Å². The van der Waals surface area contributed by atoms with E-state index in [2.05, 4.69) is 19.9 Å². The number of aromatic amines is 1. The molecule has 2 aromatic heterocycles. The Hall–Kier alpha value is -2.90. The van der Waals surface area contributed by atoms with Crippen molar-refractivity contribution < 1.29 is 17.9 Å². The highest BCUT2D eigenvalue weighted by atomic mass is 19.4. The summed E-state index contributed by atoms with van der Waals surface area (Å²) in [4.78, 5) is 14.5. The SMILES string of the molecule is FC(F)(F)c1cc2c(/N=C/C3CCOc4ccccc43)ncnc2[nH]1. The third kappa shape index (κ3) is 2.95. The zero-order valence-electron chi connectivity index (χ0n) is 12.9. The Kier molecular flexibility index (Phi) is 3.67. The summed E-state index contributed by atoms with van der Waals surface area (Å²) >= 11 is 0. The first kappa shape index (κ1) is 15.6. The highest BCUT2D eigenvalue weighted by Gasteiger charge is 2.33. The molecule has 0 spiro atoms. The lowest BCUT2D eigenvalue weighted by molar-refractivity contribution is -0.140. The van der Waals surface area contributed by atoms with Gasteiger partial charge in [-0.3, -0.25) is 0 Å². The van der Waals surface area contributed by atoms with Gasteiger partial charge in [-0.1, -0.05) is 18.2 Å². The lowest BCUT2D eigenvalue weighted by Gasteiger charge is -2.22. The average molecular weight is 346 g/mol. The van der Waals surface area contributed by atoms with Gasteiger partial charge in [0.1, 0.15) is 23.4 Å². The van der Waals surface area contributed by atoms with Crippen LogP contribution in [0.2, 0.25) is 0 Å². The predicted molar refractivity (Wildman–Crippen MR) is 86.3 cm³/mol. The van der Waals surface area contributed by atoms with Crippen LogP contribution in [0, 0.1) is 0 Å². The molecule has 0 aliphatic carbocycles. The minimum Gasteiger partial charge on any atom is -0.493 e. The van der Waals surface area contributed by atoms with Crippen molar-refractivity contribution in [1.82, 2.24) is 15.0 Å². The first-order chi connectivity index (χ1) is 12.0. The molecule has 8 heteroatoms. The molecule has 0 saturated carbocycles. The number of nitrogens with one attached hydrogen (secondary N) is 1. The van der Waals surface area contributed by atoms with Crippen molar-refractivity contribution in [2.45, 2.75) is 18.5 Å². The number of aromatic nitrogens is 3. The number of nitrogens with zero attached hydrogens (tertiary/aromatic N) is 3.